The average molecular weight is 325 g/mol. The van der Waals surface area contributed by atoms with E-state index in [2.05, 4.69) is 0 Å². The minimum atomic E-state index is -0.0429. The zero-order valence-corrected chi connectivity index (χ0v) is 14.0. The molecule has 0 radical (unpaired) electrons. The first-order valence-corrected chi connectivity index (χ1v) is 8.55. The van der Waals surface area contributed by atoms with Crippen LogP contribution in [0.2, 0.25) is 0 Å². The van der Waals surface area contributed by atoms with Gasteiger partial charge in [0.05, 0.1) is 11.8 Å². The monoisotopic (exact) mass is 325 g/mol. The van der Waals surface area contributed by atoms with Crippen LogP contribution in [0.5, 0.6) is 0 Å². The van der Waals surface area contributed by atoms with Crippen molar-refractivity contribution in [3.63, 3.8) is 0 Å². The summed E-state index contributed by atoms with van der Waals surface area (Å²) in [6.07, 6.45) is 4.60. The molecule has 0 bridgehead atoms. The number of Topliss-reactive ketones (excluding diaryl/α,β-unsaturated/α-hetero) is 1. The van der Waals surface area contributed by atoms with E-state index in [9.17, 15) is 9.59 Å². The van der Waals surface area contributed by atoms with Crippen molar-refractivity contribution >= 4 is 11.7 Å². The van der Waals surface area contributed by atoms with Crippen molar-refractivity contribution in [2.45, 2.75) is 32.6 Å². The molecule has 1 aromatic heterocycles. The number of piperidine rings is 1. The zero-order valence-electron chi connectivity index (χ0n) is 14.0. The van der Waals surface area contributed by atoms with Crippen molar-refractivity contribution < 1.29 is 14.0 Å². The quantitative estimate of drug-likeness (QED) is 0.843. The molecule has 1 saturated heterocycles. The molecule has 4 nitrogen and oxygen atoms in total. The van der Waals surface area contributed by atoms with E-state index in [4.69, 9.17) is 4.42 Å². The maximum Gasteiger partial charge on any atom is 0.257 e. The van der Waals surface area contributed by atoms with Gasteiger partial charge in [-0.15, -0.1) is 0 Å². The number of likely N-dealkylation sites (tertiary alicyclic amines) is 1. The normalized spacial score (nSPS) is 17.7. The second-order valence-corrected chi connectivity index (χ2v) is 6.43. The molecule has 0 saturated carbocycles. The Morgan fingerprint density at radius 3 is 2.71 bits per heavy atom. The third kappa shape index (κ3) is 3.75. The largest absolute Gasteiger partial charge is 0.469 e. The molecular weight excluding hydrogens is 302 g/mol. The summed E-state index contributed by atoms with van der Waals surface area (Å²) in [4.78, 5) is 26.9. The Labute approximate surface area is 142 Å². The lowest BCUT2D eigenvalue weighted by molar-refractivity contribution is -0.124. The molecule has 2 heterocycles. The molecule has 1 fully saturated rings. The van der Waals surface area contributed by atoms with Gasteiger partial charge in [0.2, 0.25) is 0 Å². The number of hydrogen-bond donors (Lipinski definition) is 0. The fraction of sp³-hybridized carbons (Fsp3) is 0.400. The van der Waals surface area contributed by atoms with Gasteiger partial charge < -0.3 is 9.32 Å². The first-order valence-electron chi connectivity index (χ1n) is 8.55. The molecule has 24 heavy (non-hydrogen) atoms. The summed E-state index contributed by atoms with van der Waals surface area (Å²) in [6, 6.07) is 11.8. The molecule has 1 aromatic carbocycles. The van der Waals surface area contributed by atoms with E-state index >= 15 is 0 Å². The second-order valence-electron chi connectivity index (χ2n) is 6.43. The van der Waals surface area contributed by atoms with Crippen LogP contribution in [0.25, 0.3) is 0 Å². The number of carbonyl (C=O) groups excluding carboxylic acids is 2. The number of nitrogens with zero attached hydrogens (tertiary/aromatic N) is 1. The maximum atomic E-state index is 12.6. The van der Waals surface area contributed by atoms with E-state index in [0.717, 1.165) is 19.3 Å². The van der Waals surface area contributed by atoms with Crippen LogP contribution in [-0.4, -0.2) is 29.7 Å². The van der Waals surface area contributed by atoms with Crippen LogP contribution >= 0.6 is 0 Å². The lowest BCUT2D eigenvalue weighted by atomic mass is 9.90. The van der Waals surface area contributed by atoms with Crippen LogP contribution in [0.4, 0.5) is 0 Å². The number of rotatable bonds is 5. The lowest BCUT2D eigenvalue weighted by Crippen LogP contribution is -2.42. The van der Waals surface area contributed by atoms with Gasteiger partial charge in [-0.1, -0.05) is 30.3 Å². The number of furan rings is 1. The number of carbonyl (C=O) groups is 2. The predicted molar refractivity (Wildman–Crippen MR) is 91.8 cm³/mol. The Bertz CT molecular complexity index is 705. The van der Waals surface area contributed by atoms with E-state index in [1.807, 2.05) is 30.3 Å². The Morgan fingerprint density at radius 1 is 1.21 bits per heavy atom. The van der Waals surface area contributed by atoms with Gasteiger partial charge in [-0.2, -0.15) is 0 Å². The van der Waals surface area contributed by atoms with Crippen LogP contribution in [0.1, 0.15) is 40.9 Å². The Balaban J connectivity index is 1.58. The van der Waals surface area contributed by atoms with Crippen molar-refractivity contribution in [1.82, 2.24) is 4.90 Å². The first kappa shape index (κ1) is 16.5. The van der Waals surface area contributed by atoms with Gasteiger partial charge in [-0.05, 0) is 37.8 Å². The second kappa shape index (κ2) is 7.47. The van der Waals surface area contributed by atoms with Crippen LogP contribution in [0, 0.1) is 12.8 Å². The summed E-state index contributed by atoms with van der Waals surface area (Å²) in [6.45, 7) is 3.03. The highest BCUT2D eigenvalue weighted by molar-refractivity contribution is 5.95. The number of ketones is 1. The average Bonchev–Trinajstić information content (AvgIpc) is 3.06. The smallest absolute Gasteiger partial charge is 0.257 e. The molecule has 0 aliphatic carbocycles. The van der Waals surface area contributed by atoms with Crippen molar-refractivity contribution in [2.24, 2.45) is 5.92 Å². The topological polar surface area (TPSA) is 50.5 Å². The van der Waals surface area contributed by atoms with Gasteiger partial charge >= 0.3 is 0 Å². The predicted octanol–water partition coefficient (Wildman–Crippen LogP) is 3.64. The number of amides is 1. The van der Waals surface area contributed by atoms with Crippen molar-refractivity contribution in [1.29, 1.82) is 0 Å². The molecule has 1 aliphatic heterocycles. The Hall–Kier alpha value is -2.36. The highest BCUT2D eigenvalue weighted by atomic mass is 16.3. The zero-order chi connectivity index (χ0) is 16.9. The van der Waals surface area contributed by atoms with Crippen molar-refractivity contribution in [2.75, 3.05) is 13.1 Å². The molecule has 2 aromatic rings. The number of benzene rings is 1. The number of aryl methyl sites for hydroxylation is 2. The summed E-state index contributed by atoms with van der Waals surface area (Å²) in [7, 11) is 0. The van der Waals surface area contributed by atoms with E-state index in [1.165, 1.54) is 11.8 Å². The fourth-order valence-corrected chi connectivity index (χ4v) is 3.32. The maximum absolute atomic E-state index is 12.6. The summed E-state index contributed by atoms with van der Waals surface area (Å²) >= 11 is 0. The minimum Gasteiger partial charge on any atom is -0.469 e. The summed E-state index contributed by atoms with van der Waals surface area (Å²) in [5, 5.41) is 0. The summed E-state index contributed by atoms with van der Waals surface area (Å²) in [5.41, 5.74) is 1.79. The fourth-order valence-electron chi connectivity index (χ4n) is 3.32. The molecule has 0 N–H and O–H groups in total. The van der Waals surface area contributed by atoms with Gasteiger partial charge in [0.1, 0.15) is 11.5 Å². The molecule has 0 spiro atoms. The third-order valence-electron chi connectivity index (χ3n) is 4.76. The van der Waals surface area contributed by atoms with Gasteiger partial charge in [0.15, 0.2) is 0 Å². The first-order chi connectivity index (χ1) is 11.6. The van der Waals surface area contributed by atoms with Crippen molar-refractivity contribution in [3.05, 3.63) is 59.5 Å². The van der Waals surface area contributed by atoms with E-state index < -0.39 is 0 Å². The molecular formula is C20H23NO3. The highest BCUT2D eigenvalue weighted by Gasteiger charge is 2.29. The van der Waals surface area contributed by atoms with Gasteiger partial charge in [0, 0.05) is 25.4 Å². The van der Waals surface area contributed by atoms with Gasteiger partial charge in [-0.3, -0.25) is 9.59 Å². The lowest BCUT2D eigenvalue weighted by Gasteiger charge is -2.32. The highest BCUT2D eigenvalue weighted by Crippen LogP contribution is 2.22. The Kier molecular flexibility index (Phi) is 5.14. The van der Waals surface area contributed by atoms with E-state index in [1.54, 1.807) is 17.9 Å². The van der Waals surface area contributed by atoms with Crippen LogP contribution in [-0.2, 0) is 11.2 Å². The van der Waals surface area contributed by atoms with Crippen molar-refractivity contribution in [3.8, 4) is 0 Å². The molecule has 1 aliphatic rings. The van der Waals surface area contributed by atoms with Crippen LogP contribution in [0.15, 0.2) is 47.1 Å². The summed E-state index contributed by atoms with van der Waals surface area (Å²) in [5.74, 6) is 0.832. The van der Waals surface area contributed by atoms with E-state index in [0.29, 0.717) is 30.8 Å². The van der Waals surface area contributed by atoms with E-state index in [-0.39, 0.29) is 17.6 Å². The SMILES string of the molecule is Cc1occc1C(=O)N1CCC[C@H](C(=O)CCc2ccccc2)C1. The molecule has 3 rings (SSSR count). The third-order valence-corrected chi connectivity index (χ3v) is 4.76. The number of hydrogen-bond acceptors (Lipinski definition) is 3. The molecule has 0 unspecified atom stereocenters. The standard InChI is InChI=1S/C20H23NO3/c1-15-18(11-13-24-15)20(23)21-12-5-8-17(14-21)19(22)10-9-16-6-3-2-4-7-16/h2-4,6-7,11,13,17H,5,8-10,12,14H2,1H3/t17-/m0/s1. The minimum absolute atomic E-state index is 0.0261. The molecule has 1 atom stereocenters. The van der Waals surface area contributed by atoms with Gasteiger partial charge in [-0.25, -0.2) is 0 Å². The van der Waals surface area contributed by atoms with Crippen LogP contribution < -0.4 is 0 Å². The Morgan fingerprint density at radius 2 is 2.00 bits per heavy atom. The molecule has 4 heteroatoms. The van der Waals surface area contributed by atoms with Crippen LogP contribution in [0.3, 0.4) is 0 Å². The summed E-state index contributed by atoms with van der Waals surface area (Å²) < 4.78 is 5.22. The molecule has 1 amide bonds. The van der Waals surface area contributed by atoms with Gasteiger partial charge in [0.25, 0.3) is 5.91 Å². The molecule has 126 valence electrons.